The molecule has 0 N–H and O–H groups in total. The van der Waals surface area contributed by atoms with Crippen molar-refractivity contribution >= 4 is 11.6 Å². The highest BCUT2D eigenvalue weighted by molar-refractivity contribution is 6.33. The average Bonchev–Trinajstić information content (AvgIpc) is 2.29. The molecule has 17 heavy (non-hydrogen) atoms. The summed E-state index contributed by atoms with van der Waals surface area (Å²) >= 11 is 6.26. The van der Waals surface area contributed by atoms with E-state index < -0.39 is 0 Å². The van der Waals surface area contributed by atoms with E-state index in [0.29, 0.717) is 0 Å². The zero-order valence-electron chi connectivity index (χ0n) is 10.3. The second-order valence-electron chi connectivity index (χ2n) is 4.12. The van der Waals surface area contributed by atoms with Gasteiger partial charge >= 0.3 is 0 Å². The largest absolute Gasteiger partial charge is 0.496 e. The molecule has 0 unspecified atom stereocenters. The van der Waals surface area contributed by atoms with Gasteiger partial charge in [-0.1, -0.05) is 29.8 Å². The van der Waals surface area contributed by atoms with Crippen LogP contribution in [0.2, 0.25) is 5.02 Å². The smallest absolute Gasteiger partial charge is 0.121 e. The highest BCUT2D eigenvalue weighted by Crippen LogP contribution is 2.33. The third-order valence-electron chi connectivity index (χ3n) is 2.91. The van der Waals surface area contributed by atoms with Gasteiger partial charge in [-0.3, -0.25) is 0 Å². The van der Waals surface area contributed by atoms with Gasteiger partial charge < -0.3 is 4.74 Å². The Balaban J connectivity index is 2.57. The fourth-order valence-corrected chi connectivity index (χ4v) is 2.36. The number of aryl methyl sites for hydroxylation is 2. The normalized spacial score (nSPS) is 10.4. The lowest BCUT2D eigenvalue weighted by Crippen LogP contribution is -1.89. The molecular formula is C15H15ClO. The summed E-state index contributed by atoms with van der Waals surface area (Å²) in [6.45, 7) is 4.11. The predicted octanol–water partition coefficient (Wildman–Crippen LogP) is 4.63. The first-order valence-electron chi connectivity index (χ1n) is 5.53. The summed E-state index contributed by atoms with van der Waals surface area (Å²) in [7, 11) is 1.68. The summed E-state index contributed by atoms with van der Waals surface area (Å²) in [6.07, 6.45) is 0. The van der Waals surface area contributed by atoms with Crippen molar-refractivity contribution in [3.05, 3.63) is 52.5 Å². The third kappa shape index (κ3) is 2.29. The molecule has 0 aliphatic rings. The number of rotatable bonds is 2. The van der Waals surface area contributed by atoms with Crippen molar-refractivity contribution in [3.63, 3.8) is 0 Å². The molecule has 0 bridgehead atoms. The topological polar surface area (TPSA) is 9.23 Å². The zero-order valence-corrected chi connectivity index (χ0v) is 11.0. The van der Waals surface area contributed by atoms with Gasteiger partial charge in [-0.05, 0) is 48.7 Å². The fourth-order valence-electron chi connectivity index (χ4n) is 2.03. The number of halogens is 1. The Morgan fingerprint density at radius 1 is 1.00 bits per heavy atom. The third-order valence-corrected chi connectivity index (χ3v) is 3.22. The van der Waals surface area contributed by atoms with Crippen LogP contribution in [0.1, 0.15) is 11.1 Å². The van der Waals surface area contributed by atoms with Crippen LogP contribution in [0.3, 0.4) is 0 Å². The Bertz CT molecular complexity index is 526. The number of ether oxygens (including phenoxy) is 1. The Kier molecular flexibility index (Phi) is 3.39. The molecule has 0 heterocycles. The van der Waals surface area contributed by atoms with E-state index in [4.69, 9.17) is 16.3 Å². The molecule has 0 aromatic heterocycles. The maximum Gasteiger partial charge on any atom is 0.121 e. The van der Waals surface area contributed by atoms with Crippen molar-refractivity contribution < 1.29 is 4.74 Å². The highest BCUT2D eigenvalue weighted by Gasteiger charge is 2.08. The predicted molar refractivity (Wildman–Crippen MR) is 72.9 cm³/mol. The monoisotopic (exact) mass is 246 g/mol. The molecule has 0 radical (unpaired) electrons. The molecule has 88 valence electrons. The van der Waals surface area contributed by atoms with Crippen LogP contribution in [-0.2, 0) is 0 Å². The van der Waals surface area contributed by atoms with E-state index in [1.165, 1.54) is 5.56 Å². The van der Waals surface area contributed by atoms with Gasteiger partial charge in [0.2, 0.25) is 0 Å². The van der Waals surface area contributed by atoms with Crippen molar-refractivity contribution in [2.75, 3.05) is 7.11 Å². The van der Waals surface area contributed by atoms with Gasteiger partial charge in [0, 0.05) is 10.6 Å². The van der Waals surface area contributed by atoms with Gasteiger partial charge in [0.25, 0.3) is 0 Å². The van der Waals surface area contributed by atoms with E-state index in [-0.39, 0.29) is 0 Å². The Hall–Kier alpha value is -1.47. The zero-order chi connectivity index (χ0) is 12.4. The summed E-state index contributed by atoms with van der Waals surface area (Å²) in [5, 5.41) is 0.787. The van der Waals surface area contributed by atoms with Crippen LogP contribution >= 0.6 is 11.6 Å². The molecular weight excluding hydrogens is 232 g/mol. The minimum atomic E-state index is 0.787. The first kappa shape index (κ1) is 12.0. The lowest BCUT2D eigenvalue weighted by molar-refractivity contribution is 0.412. The van der Waals surface area contributed by atoms with E-state index >= 15 is 0 Å². The van der Waals surface area contributed by atoms with Gasteiger partial charge in [0.15, 0.2) is 0 Å². The number of benzene rings is 2. The molecule has 0 fully saturated rings. The van der Waals surface area contributed by atoms with Crippen LogP contribution in [0.25, 0.3) is 11.1 Å². The van der Waals surface area contributed by atoms with Crippen LogP contribution < -0.4 is 4.74 Å². The molecule has 0 aliphatic heterocycles. The minimum absolute atomic E-state index is 0.787. The van der Waals surface area contributed by atoms with Crippen molar-refractivity contribution in [2.45, 2.75) is 13.8 Å². The number of hydrogen-bond donors (Lipinski definition) is 0. The van der Waals surface area contributed by atoms with Crippen molar-refractivity contribution in [3.8, 4) is 16.9 Å². The van der Waals surface area contributed by atoms with Crippen LogP contribution in [0, 0.1) is 13.8 Å². The minimum Gasteiger partial charge on any atom is -0.496 e. The standard InChI is InChI=1S/C15H15ClO/c1-10-5-4-6-13(16)15(10)12-7-8-14(17-3)11(2)9-12/h4-9H,1-3H3. The summed E-state index contributed by atoms with van der Waals surface area (Å²) in [4.78, 5) is 0. The maximum atomic E-state index is 6.26. The molecule has 0 aliphatic carbocycles. The van der Waals surface area contributed by atoms with E-state index in [9.17, 15) is 0 Å². The average molecular weight is 247 g/mol. The first-order chi connectivity index (χ1) is 8.13. The molecule has 2 heteroatoms. The molecule has 2 aromatic carbocycles. The SMILES string of the molecule is COc1ccc(-c2c(C)cccc2Cl)cc1C. The van der Waals surface area contributed by atoms with Gasteiger partial charge in [0.05, 0.1) is 7.11 Å². The highest BCUT2D eigenvalue weighted by atomic mass is 35.5. The number of hydrogen-bond acceptors (Lipinski definition) is 1. The Morgan fingerprint density at radius 3 is 2.35 bits per heavy atom. The van der Waals surface area contributed by atoms with E-state index in [1.807, 2.05) is 31.2 Å². The molecule has 2 aromatic rings. The molecule has 0 spiro atoms. The van der Waals surface area contributed by atoms with Gasteiger partial charge in [0.1, 0.15) is 5.75 Å². The molecule has 0 saturated heterocycles. The van der Waals surface area contributed by atoms with Crippen molar-refractivity contribution in [1.29, 1.82) is 0 Å². The molecule has 2 rings (SSSR count). The second-order valence-corrected chi connectivity index (χ2v) is 4.52. The van der Waals surface area contributed by atoms with Crippen LogP contribution in [-0.4, -0.2) is 7.11 Å². The number of methoxy groups -OCH3 is 1. The molecule has 0 amide bonds. The summed E-state index contributed by atoms with van der Waals surface area (Å²) in [5.41, 5.74) is 4.53. The molecule has 1 nitrogen and oxygen atoms in total. The van der Waals surface area contributed by atoms with Crippen LogP contribution in [0.5, 0.6) is 5.75 Å². The Morgan fingerprint density at radius 2 is 1.76 bits per heavy atom. The quantitative estimate of drug-likeness (QED) is 0.751. The summed E-state index contributed by atoms with van der Waals surface area (Å²) in [6, 6.07) is 12.1. The Labute approximate surface area is 107 Å². The van der Waals surface area contributed by atoms with Gasteiger partial charge in [-0.25, -0.2) is 0 Å². The van der Waals surface area contributed by atoms with Crippen LogP contribution in [0.4, 0.5) is 0 Å². The second kappa shape index (κ2) is 4.80. The van der Waals surface area contributed by atoms with E-state index in [1.54, 1.807) is 7.11 Å². The molecule has 0 saturated carbocycles. The van der Waals surface area contributed by atoms with E-state index in [0.717, 1.165) is 27.5 Å². The fraction of sp³-hybridized carbons (Fsp3) is 0.200. The molecule has 0 atom stereocenters. The first-order valence-corrected chi connectivity index (χ1v) is 5.91. The van der Waals surface area contributed by atoms with Crippen molar-refractivity contribution in [2.24, 2.45) is 0 Å². The van der Waals surface area contributed by atoms with Gasteiger partial charge in [-0.15, -0.1) is 0 Å². The maximum absolute atomic E-state index is 6.26. The van der Waals surface area contributed by atoms with Crippen LogP contribution in [0.15, 0.2) is 36.4 Å². The summed E-state index contributed by atoms with van der Waals surface area (Å²) < 4.78 is 5.26. The van der Waals surface area contributed by atoms with Crippen molar-refractivity contribution in [1.82, 2.24) is 0 Å². The lowest BCUT2D eigenvalue weighted by atomic mass is 9.99. The lowest BCUT2D eigenvalue weighted by Gasteiger charge is -2.11. The summed E-state index contributed by atoms with van der Waals surface area (Å²) in [5.74, 6) is 0.901. The van der Waals surface area contributed by atoms with E-state index in [2.05, 4.69) is 19.1 Å². The van der Waals surface area contributed by atoms with Gasteiger partial charge in [-0.2, -0.15) is 0 Å².